The summed E-state index contributed by atoms with van der Waals surface area (Å²) in [6.07, 6.45) is 3.28. The molecule has 0 aliphatic carbocycles. The van der Waals surface area contributed by atoms with Crippen molar-refractivity contribution in [3.63, 3.8) is 0 Å². The van der Waals surface area contributed by atoms with E-state index >= 15 is 0 Å². The molecule has 0 saturated carbocycles. The first-order chi connectivity index (χ1) is 2.50. The molecule has 5 heavy (non-hydrogen) atoms. The standard InChI is InChI=1S/C3H3N2/c1-2-4-5-3-1/h1-3H/q-1. The Bertz CT molecular complexity index is 61.4. The van der Waals surface area contributed by atoms with Crippen molar-refractivity contribution >= 4 is 0 Å². The molecule has 2 heteroatoms. The summed E-state index contributed by atoms with van der Waals surface area (Å²) in [5.74, 6) is 0. The van der Waals surface area contributed by atoms with E-state index in [9.17, 15) is 0 Å². The molecule has 0 unspecified atom stereocenters. The quantitative estimate of drug-likeness (QED) is 0.428. The first kappa shape index (κ1) is 2.45. The Morgan fingerprint density at radius 3 is 2.80 bits per heavy atom. The summed E-state index contributed by atoms with van der Waals surface area (Å²) in [5, 5.41) is 6.94. The maximum absolute atomic E-state index is 3.47. The molecule has 0 aliphatic heterocycles. The maximum Gasteiger partial charge on any atom is 0.00194 e. The molecule has 0 spiro atoms. The molecular weight excluding hydrogens is 64.0 g/mol. The van der Waals surface area contributed by atoms with E-state index in [-0.39, 0.29) is 0 Å². The van der Waals surface area contributed by atoms with E-state index < -0.39 is 0 Å². The van der Waals surface area contributed by atoms with Crippen LogP contribution in [-0.2, 0) is 0 Å². The van der Waals surface area contributed by atoms with Gasteiger partial charge in [0.2, 0.25) is 0 Å². The zero-order chi connectivity index (χ0) is 3.54. The van der Waals surface area contributed by atoms with Crippen molar-refractivity contribution in [1.29, 1.82) is 0 Å². The number of hydrogen-bond donors (Lipinski definition) is 0. The van der Waals surface area contributed by atoms with Crippen LogP contribution >= 0.6 is 0 Å². The summed E-state index contributed by atoms with van der Waals surface area (Å²) in [6, 6.07) is 1.78. The molecule has 0 N–H and O–H groups in total. The third-order valence-electron chi connectivity index (χ3n) is 0.372. The van der Waals surface area contributed by atoms with Gasteiger partial charge in [-0.15, -0.1) is 0 Å². The second-order valence-corrected chi connectivity index (χ2v) is 0.722. The number of rotatable bonds is 0. The molecular formula is C3H3N2-. The van der Waals surface area contributed by atoms with Crippen molar-refractivity contribution in [3.8, 4) is 0 Å². The van der Waals surface area contributed by atoms with Gasteiger partial charge in [0.25, 0.3) is 0 Å². The number of nitrogens with zero attached hydrogens (tertiary/aromatic N) is 2. The van der Waals surface area contributed by atoms with E-state index in [0.29, 0.717) is 0 Å². The van der Waals surface area contributed by atoms with Gasteiger partial charge < -0.3 is 10.2 Å². The predicted octanol–water partition coefficient (Wildman–Crippen LogP) is 0.0388. The minimum absolute atomic E-state index is 1.64. The lowest BCUT2D eigenvalue weighted by atomic mass is 10.8. The fourth-order valence-corrected chi connectivity index (χ4v) is 0.192. The van der Waals surface area contributed by atoms with Crippen molar-refractivity contribution < 1.29 is 0 Å². The van der Waals surface area contributed by atoms with Crippen LogP contribution in [-0.4, -0.2) is 5.10 Å². The lowest BCUT2D eigenvalue weighted by Gasteiger charge is -1.72. The van der Waals surface area contributed by atoms with Crippen LogP contribution in [0.2, 0.25) is 0 Å². The highest BCUT2D eigenvalue weighted by Crippen LogP contribution is 1.62. The van der Waals surface area contributed by atoms with Gasteiger partial charge >= 0.3 is 0 Å². The van der Waals surface area contributed by atoms with Crippen LogP contribution in [0.25, 0.3) is 0 Å². The summed E-state index contributed by atoms with van der Waals surface area (Å²) in [7, 11) is 0. The first-order valence-corrected chi connectivity index (χ1v) is 1.38. The van der Waals surface area contributed by atoms with Crippen molar-refractivity contribution in [2.24, 2.45) is 0 Å². The molecule has 0 amide bonds. The second kappa shape index (κ2) is 0.885. The van der Waals surface area contributed by atoms with E-state index in [0.717, 1.165) is 0 Å². The van der Waals surface area contributed by atoms with Crippen molar-refractivity contribution in [1.82, 2.24) is 10.2 Å². The van der Waals surface area contributed by atoms with Gasteiger partial charge in [0.1, 0.15) is 0 Å². The Hall–Kier alpha value is -0.790. The van der Waals surface area contributed by atoms with Gasteiger partial charge in [-0.2, -0.15) is 6.20 Å². The third-order valence-corrected chi connectivity index (χ3v) is 0.372. The lowest BCUT2D eigenvalue weighted by Crippen LogP contribution is -1.60. The molecule has 0 atom stereocenters. The molecule has 0 aliphatic rings. The summed E-state index contributed by atoms with van der Waals surface area (Å²) in [4.78, 5) is 0. The molecule has 1 heterocycles. The Morgan fingerprint density at radius 1 is 1.60 bits per heavy atom. The summed E-state index contributed by atoms with van der Waals surface area (Å²) in [5.41, 5.74) is 0. The summed E-state index contributed by atoms with van der Waals surface area (Å²) >= 11 is 0. The fraction of sp³-hybridized carbons (Fsp3) is 0. The Morgan fingerprint density at radius 2 is 2.60 bits per heavy atom. The third kappa shape index (κ3) is 0.265. The Labute approximate surface area is 29.8 Å². The van der Waals surface area contributed by atoms with Crippen LogP contribution in [0.1, 0.15) is 0 Å². The molecule has 1 rings (SSSR count). The maximum atomic E-state index is 3.47. The van der Waals surface area contributed by atoms with Gasteiger partial charge in [0, 0.05) is 6.20 Å². The lowest BCUT2D eigenvalue weighted by molar-refractivity contribution is 1.06. The van der Waals surface area contributed by atoms with Gasteiger partial charge in [-0.05, 0) is 0 Å². The average Bonchev–Trinajstić information content (AvgIpc) is 1.76. The highest BCUT2D eigenvalue weighted by molar-refractivity contribution is 4.72. The van der Waals surface area contributed by atoms with Crippen molar-refractivity contribution in [2.45, 2.75) is 0 Å². The van der Waals surface area contributed by atoms with Crippen LogP contribution in [0.3, 0.4) is 0 Å². The zero-order valence-electron chi connectivity index (χ0n) is 2.63. The normalized spacial score (nSPS) is 8.00. The predicted molar refractivity (Wildman–Crippen MR) is 17.6 cm³/mol. The van der Waals surface area contributed by atoms with E-state index in [2.05, 4.69) is 10.2 Å². The molecule has 0 bridgehead atoms. The molecule has 1 aromatic heterocycles. The van der Waals surface area contributed by atoms with Crippen molar-refractivity contribution in [2.75, 3.05) is 0 Å². The molecule has 26 valence electrons. The second-order valence-electron chi connectivity index (χ2n) is 0.722. The van der Waals surface area contributed by atoms with Crippen molar-refractivity contribution in [3.05, 3.63) is 18.5 Å². The van der Waals surface area contributed by atoms with E-state index in [1.807, 2.05) is 0 Å². The van der Waals surface area contributed by atoms with Gasteiger partial charge in [0.15, 0.2) is 0 Å². The van der Waals surface area contributed by atoms with Gasteiger partial charge in [0.05, 0.1) is 0 Å². The molecule has 0 aromatic carbocycles. The molecule has 0 fully saturated rings. The topological polar surface area (TPSA) is 27.0 Å². The van der Waals surface area contributed by atoms with Crippen LogP contribution in [0.4, 0.5) is 0 Å². The smallest absolute Gasteiger partial charge is 0.00194 e. The Kier molecular flexibility index (Phi) is 0.433. The van der Waals surface area contributed by atoms with E-state index in [4.69, 9.17) is 0 Å². The van der Waals surface area contributed by atoms with Gasteiger partial charge in [-0.25, -0.2) is 0 Å². The minimum atomic E-state index is 1.64. The summed E-state index contributed by atoms with van der Waals surface area (Å²) < 4.78 is 0. The average molecular weight is 67.1 g/mol. The summed E-state index contributed by atoms with van der Waals surface area (Å²) in [6.45, 7) is 0. The fourth-order valence-electron chi connectivity index (χ4n) is 0.192. The molecule has 1 aromatic rings. The largest absolute Gasteiger partial charge is 0.582 e. The van der Waals surface area contributed by atoms with Crippen LogP contribution in [0.15, 0.2) is 18.5 Å². The minimum Gasteiger partial charge on any atom is -0.582 e. The zero-order valence-corrected chi connectivity index (χ0v) is 2.63. The van der Waals surface area contributed by atoms with Gasteiger partial charge in [-0.3, -0.25) is 0 Å². The number of hydrogen-bond acceptors (Lipinski definition) is 1. The molecule has 0 radical (unpaired) electrons. The van der Waals surface area contributed by atoms with Crippen LogP contribution < -0.4 is 5.10 Å². The highest BCUT2D eigenvalue weighted by atomic mass is 15.1. The van der Waals surface area contributed by atoms with Crippen LogP contribution in [0, 0.1) is 0 Å². The van der Waals surface area contributed by atoms with Gasteiger partial charge in [-0.1, -0.05) is 6.07 Å². The Balaban J connectivity index is 3.13. The monoisotopic (exact) mass is 67.0 g/mol. The molecule has 0 saturated heterocycles. The first-order valence-electron chi connectivity index (χ1n) is 1.38. The molecule has 2 nitrogen and oxygen atoms in total. The SMILES string of the molecule is c1cn[n-]c1. The number of aromatic nitrogens is 2. The van der Waals surface area contributed by atoms with Crippen LogP contribution in [0.5, 0.6) is 0 Å². The highest BCUT2D eigenvalue weighted by Gasteiger charge is 1.43. The van der Waals surface area contributed by atoms with E-state index in [1.165, 1.54) is 0 Å². The van der Waals surface area contributed by atoms with E-state index in [1.54, 1.807) is 18.5 Å².